The van der Waals surface area contributed by atoms with Crippen molar-refractivity contribution in [2.24, 2.45) is 0 Å². The fourth-order valence-electron chi connectivity index (χ4n) is 1.45. The second kappa shape index (κ2) is 8.42. The maximum atomic E-state index is 11.9. The molecule has 0 fully saturated rings. The monoisotopic (exact) mass is 266 g/mol. The molecule has 0 radical (unpaired) electrons. The molecule has 106 valence electrons. The maximum absolute atomic E-state index is 11.9. The Morgan fingerprint density at radius 3 is 2.89 bits per heavy atom. The van der Waals surface area contributed by atoms with E-state index in [2.05, 4.69) is 27.5 Å². The second-order valence-electron chi connectivity index (χ2n) is 4.25. The predicted octanol–water partition coefficient (Wildman–Crippen LogP) is 1.45. The van der Waals surface area contributed by atoms with Crippen molar-refractivity contribution in [3.8, 4) is 0 Å². The van der Waals surface area contributed by atoms with Gasteiger partial charge in [0.15, 0.2) is 0 Å². The van der Waals surface area contributed by atoms with Gasteiger partial charge in [-0.25, -0.2) is 4.98 Å². The molecule has 1 atom stereocenters. The molecule has 1 heterocycles. The molecular formula is C13H22N4O2. The minimum atomic E-state index is -0.236. The number of nitrogens with one attached hydrogen (secondary N) is 2. The molecule has 1 aromatic heterocycles. The van der Waals surface area contributed by atoms with E-state index < -0.39 is 0 Å². The molecule has 6 heteroatoms. The lowest BCUT2D eigenvalue weighted by Crippen LogP contribution is -2.36. The summed E-state index contributed by atoms with van der Waals surface area (Å²) in [4.78, 5) is 20.2. The predicted molar refractivity (Wildman–Crippen MR) is 74.2 cm³/mol. The van der Waals surface area contributed by atoms with E-state index in [1.807, 2.05) is 13.8 Å². The van der Waals surface area contributed by atoms with Crippen molar-refractivity contribution in [3.63, 3.8) is 0 Å². The van der Waals surface area contributed by atoms with Crippen molar-refractivity contribution in [2.45, 2.75) is 33.2 Å². The molecule has 0 saturated carbocycles. The summed E-state index contributed by atoms with van der Waals surface area (Å²) in [5, 5.41) is 5.92. The van der Waals surface area contributed by atoms with Crippen LogP contribution in [0.1, 0.15) is 37.7 Å². The molecule has 1 amide bonds. The maximum Gasteiger partial charge on any atom is 0.271 e. The third-order valence-corrected chi connectivity index (χ3v) is 2.37. The van der Waals surface area contributed by atoms with Gasteiger partial charge in [-0.2, -0.15) is 0 Å². The zero-order valence-corrected chi connectivity index (χ0v) is 11.8. The number of hydrogen-bond acceptors (Lipinski definition) is 5. The van der Waals surface area contributed by atoms with Gasteiger partial charge in [0.25, 0.3) is 5.91 Å². The van der Waals surface area contributed by atoms with E-state index in [4.69, 9.17) is 4.74 Å². The topological polar surface area (TPSA) is 76.1 Å². The number of rotatable bonds is 8. The van der Waals surface area contributed by atoms with Gasteiger partial charge in [0.05, 0.1) is 19.0 Å². The number of anilines is 1. The first-order chi connectivity index (χ1) is 9.17. The molecular weight excluding hydrogens is 244 g/mol. The number of amides is 1. The molecule has 0 spiro atoms. The second-order valence-corrected chi connectivity index (χ2v) is 4.25. The zero-order chi connectivity index (χ0) is 14.1. The normalized spacial score (nSPS) is 11.9. The molecule has 2 N–H and O–H groups in total. The van der Waals surface area contributed by atoms with E-state index >= 15 is 0 Å². The van der Waals surface area contributed by atoms with Crippen molar-refractivity contribution in [3.05, 3.63) is 18.1 Å². The van der Waals surface area contributed by atoms with E-state index in [0.717, 1.165) is 13.0 Å². The Hall–Kier alpha value is -1.69. The molecule has 0 bridgehead atoms. The third kappa shape index (κ3) is 5.65. The van der Waals surface area contributed by atoms with Crippen LogP contribution in [0.5, 0.6) is 0 Å². The van der Waals surface area contributed by atoms with Crippen LogP contribution in [0.25, 0.3) is 0 Å². The van der Waals surface area contributed by atoms with Crippen LogP contribution in [0.2, 0.25) is 0 Å². The molecule has 0 aliphatic rings. The third-order valence-electron chi connectivity index (χ3n) is 2.37. The first kappa shape index (κ1) is 15.4. The van der Waals surface area contributed by atoms with Crippen molar-refractivity contribution in [1.82, 2.24) is 15.3 Å². The Morgan fingerprint density at radius 2 is 2.21 bits per heavy atom. The number of ether oxygens (including phenoxy) is 1. The Morgan fingerprint density at radius 1 is 1.42 bits per heavy atom. The lowest BCUT2D eigenvalue weighted by molar-refractivity contribution is 0.0867. The van der Waals surface area contributed by atoms with Gasteiger partial charge in [-0.3, -0.25) is 9.78 Å². The largest absolute Gasteiger partial charge is 0.380 e. The number of carbonyl (C=O) groups is 1. The molecule has 1 unspecified atom stereocenters. The fourth-order valence-corrected chi connectivity index (χ4v) is 1.45. The Balaban J connectivity index is 2.56. The summed E-state index contributed by atoms with van der Waals surface area (Å²) in [6.45, 7) is 7.80. The van der Waals surface area contributed by atoms with Gasteiger partial charge < -0.3 is 15.4 Å². The number of aromatic nitrogens is 2. The lowest BCUT2D eigenvalue weighted by Gasteiger charge is -2.13. The molecule has 1 rings (SSSR count). The highest BCUT2D eigenvalue weighted by atomic mass is 16.5. The van der Waals surface area contributed by atoms with Gasteiger partial charge in [-0.15, -0.1) is 0 Å². The molecule has 6 nitrogen and oxygen atoms in total. The number of carbonyl (C=O) groups excluding carboxylic acids is 1. The minimum Gasteiger partial charge on any atom is -0.380 e. The smallest absolute Gasteiger partial charge is 0.271 e. The molecule has 0 aliphatic heterocycles. The van der Waals surface area contributed by atoms with Crippen molar-refractivity contribution in [2.75, 3.05) is 25.1 Å². The van der Waals surface area contributed by atoms with Crippen LogP contribution >= 0.6 is 0 Å². The highest BCUT2D eigenvalue weighted by molar-refractivity contribution is 5.92. The Kier molecular flexibility index (Phi) is 6.81. The van der Waals surface area contributed by atoms with E-state index in [0.29, 0.717) is 24.7 Å². The van der Waals surface area contributed by atoms with E-state index in [1.54, 1.807) is 6.20 Å². The summed E-state index contributed by atoms with van der Waals surface area (Å²) in [6, 6.07) is -0.0542. The summed E-state index contributed by atoms with van der Waals surface area (Å²) < 4.78 is 5.25. The quantitative estimate of drug-likeness (QED) is 0.745. The summed E-state index contributed by atoms with van der Waals surface area (Å²) in [7, 11) is 0. The van der Waals surface area contributed by atoms with Gasteiger partial charge in [0.2, 0.25) is 0 Å². The molecule has 0 aromatic carbocycles. The van der Waals surface area contributed by atoms with Crippen LogP contribution in [-0.4, -0.2) is 41.7 Å². The standard InChI is InChI=1S/C13H22N4O2/c1-4-6-15-12-8-14-7-11(17-12)13(18)16-10(3)9-19-5-2/h7-8,10H,4-6,9H2,1-3H3,(H,15,17)(H,16,18). The summed E-state index contributed by atoms with van der Waals surface area (Å²) in [5.41, 5.74) is 0.310. The van der Waals surface area contributed by atoms with Crippen LogP contribution in [0.15, 0.2) is 12.4 Å². The Labute approximate surface area is 114 Å². The van der Waals surface area contributed by atoms with Crippen molar-refractivity contribution >= 4 is 11.7 Å². The number of hydrogen-bond donors (Lipinski definition) is 2. The average molecular weight is 266 g/mol. The van der Waals surface area contributed by atoms with Crippen LogP contribution in [-0.2, 0) is 4.74 Å². The Bertz CT molecular complexity index is 398. The summed E-state index contributed by atoms with van der Waals surface area (Å²) in [5.74, 6) is 0.381. The highest BCUT2D eigenvalue weighted by Gasteiger charge is 2.12. The minimum absolute atomic E-state index is 0.0542. The van der Waals surface area contributed by atoms with E-state index in [1.165, 1.54) is 6.20 Å². The molecule has 0 saturated heterocycles. The first-order valence-corrected chi connectivity index (χ1v) is 6.61. The average Bonchev–Trinajstić information content (AvgIpc) is 2.43. The summed E-state index contributed by atoms with van der Waals surface area (Å²) in [6.07, 6.45) is 4.05. The van der Waals surface area contributed by atoms with Crippen LogP contribution in [0.4, 0.5) is 5.82 Å². The van der Waals surface area contributed by atoms with Crippen LogP contribution in [0, 0.1) is 0 Å². The molecule has 0 aliphatic carbocycles. The summed E-state index contributed by atoms with van der Waals surface area (Å²) >= 11 is 0. The van der Waals surface area contributed by atoms with Gasteiger partial charge in [0.1, 0.15) is 11.5 Å². The fraction of sp³-hybridized carbons (Fsp3) is 0.615. The van der Waals surface area contributed by atoms with Crippen molar-refractivity contribution < 1.29 is 9.53 Å². The molecule has 1 aromatic rings. The highest BCUT2D eigenvalue weighted by Crippen LogP contribution is 2.02. The zero-order valence-electron chi connectivity index (χ0n) is 11.8. The number of nitrogens with zero attached hydrogens (tertiary/aromatic N) is 2. The lowest BCUT2D eigenvalue weighted by atomic mass is 10.3. The van der Waals surface area contributed by atoms with Gasteiger partial charge in [-0.1, -0.05) is 6.92 Å². The van der Waals surface area contributed by atoms with Gasteiger partial charge >= 0.3 is 0 Å². The SMILES string of the molecule is CCCNc1cncc(C(=O)NC(C)COCC)n1. The van der Waals surface area contributed by atoms with Gasteiger partial charge in [0, 0.05) is 19.2 Å². The van der Waals surface area contributed by atoms with Gasteiger partial charge in [-0.05, 0) is 20.3 Å². The van der Waals surface area contributed by atoms with Crippen LogP contribution in [0.3, 0.4) is 0 Å². The van der Waals surface area contributed by atoms with E-state index in [-0.39, 0.29) is 11.9 Å². The van der Waals surface area contributed by atoms with Crippen molar-refractivity contribution in [1.29, 1.82) is 0 Å². The van der Waals surface area contributed by atoms with E-state index in [9.17, 15) is 4.79 Å². The first-order valence-electron chi connectivity index (χ1n) is 6.61. The molecule has 19 heavy (non-hydrogen) atoms. The van der Waals surface area contributed by atoms with Crippen LogP contribution < -0.4 is 10.6 Å².